The lowest BCUT2D eigenvalue weighted by molar-refractivity contribution is 0.101. The summed E-state index contributed by atoms with van der Waals surface area (Å²) in [5.41, 5.74) is 2.39. The monoisotopic (exact) mass is 369 g/mol. The molecule has 0 spiro atoms. The largest absolute Gasteiger partial charge is 0.507 e. The third-order valence-corrected chi connectivity index (χ3v) is 6.17. The normalized spacial score (nSPS) is 21.8. The van der Waals surface area contributed by atoms with Gasteiger partial charge in [0, 0.05) is 24.0 Å². The standard InChI is InChI=1S/C21H23NO3S/c1-13-4-3-8-22(11-13)12-16-17(23)6-5-15-20(24)18(25-21(15)16)10-19-14(2)7-9-26-19/h5-7,9-10,13,23H,3-4,8,11-12H2,1-2H3/b18-10-/t13-/m0/s1. The fourth-order valence-corrected chi connectivity index (χ4v) is 4.60. The number of phenols is 1. The van der Waals surface area contributed by atoms with Gasteiger partial charge in [0.2, 0.25) is 5.78 Å². The van der Waals surface area contributed by atoms with Crippen molar-refractivity contribution < 1.29 is 14.6 Å². The fraction of sp³-hybridized carbons (Fsp3) is 0.381. The number of allylic oxidation sites excluding steroid dienone is 1. The van der Waals surface area contributed by atoms with Crippen molar-refractivity contribution in [2.24, 2.45) is 5.92 Å². The number of hydrogen-bond donors (Lipinski definition) is 1. The zero-order valence-corrected chi connectivity index (χ0v) is 15.9. The third-order valence-electron chi connectivity index (χ3n) is 5.20. The first-order valence-corrected chi connectivity index (χ1v) is 9.96. The molecule has 0 unspecified atom stereocenters. The highest BCUT2D eigenvalue weighted by molar-refractivity contribution is 7.11. The van der Waals surface area contributed by atoms with Crippen molar-refractivity contribution in [3.63, 3.8) is 0 Å². The minimum Gasteiger partial charge on any atom is -0.507 e. The molecule has 0 aliphatic carbocycles. The van der Waals surface area contributed by atoms with Crippen molar-refractivity contribution in [2.75, 3.05) is 13.1 Å². The zero-order chi connectivity index (χ0) is 18.3. The van der Waals surface area contributed by atoms with Crippen LogP contribution in [0, 0.1) is 12.8 Å². The minimum absolute atomic E-state index is 0.110. The number of aromatic hydroxyl groups is 1. The molecule has 1 aromatic heterocycles. The van der Waals surface area contributed by atoms with Crippen molar-refractivity contribution in [1.82, 2.24) is 4.90 Å². The first-order chi connectivity index (χ1) is 12.5. The van der Waals surface area contributed by atoms with E-state index in [1.807, 2.05) is 24.4 Å². The molecule has 3 heterocycles. The summed E-state index contributed by atoms with van der Waals surface area (Å²) in [6, 6.07) is 5.30. The molecular weight excluding hydrogens is 346 g/mol. The zero-order valence-electron chi connectivity index (χ0n) is 15.1. The summed E-state index contributed by atoms with van der Waals surface area (Å²) >= 11 is 1.59. The number of aryl methyl sites for hydroxylation is 1. The number of fused-ring (bicyclic) bond motifs is 1. The van der Waals surface area contributed by atoms with Crippen molar-refractivity contribution in [3.8, 4) is 11.5 Å². The van der Waals surface area contributed by atoms with E-state index in [0.717, 1.165) is 29.1 Å². The Kier molecular flexibility index (Phi) is 4.59. The molecule has 1 fully saturated rings. The van der Waals surface area contributed by atoms with Gasteiger partial charge in [-0.05, 0) is 61.4 Å². The number of phenolic OH excluding ortho intramolecular Hbond substituents is 1. The van der Waals surface area contributed by atoms with Gasteiger partial charge in [0.05, 0.1) is 11.1 Å². The second kappa shape index (κ2) is 6.89. The number of piperidine rings is 1. The highest BCUT2D eigenvalue weighted by atomic mass is 32.1. The second-order valence-corrected chi connectivity index (χ2v) is 8.28. The number of benzene rings is 1. The van der Waals surface area contributed by atoms with Crippen molar-refractivity contribution in [1.29, 1.82) is 0 Å². The maximum absolute atomic E-state index is 12.8. The summed E-state index contributed by atoms with van der Waals surface area (Å²) in [6.45, 7) is 6.90. The lowest BCUT2D eigenvalue weighted by Crippen LogP contribution is -2.33. The molecule has 2 aromatic rings. The number of likely N-dealkylation sites (tertiary alicyclic amines) is 1. The van der Waals surface area contributed by atoms with E-state index in [1.54, 1.807) is 23.5 Å². The summed E-state index contributed by atoms with van der Waals surface area (Å²) < 4.78 is 5.96. The van der Waals surface area contributed by atoms with Crippen LogP contribution in [0.25, 0.3) is 6.08 Å². The Morgan fingerprint density at radius 1 is 1.38 bits per heavy atom. The van der Waals surface area contributed by atoms with Crippen molar-refractivity contribution in [3.05, 3.63) is 50.9 Å². The fourth-order valence-electron chi connectivity index (χ4n) is 3.75. The van der Waals surface area contributed by atoms with Crippen LogP contribution in [0.3, 0.4) is 0 Å². The van der Waals surface area contributed by atoms with Gasteiger partial charge in [-0.25, -0.2) is 0 Å². The molecule has 2 aliphatic rings. The summed E-state index contributed by atoms with van der Waals surface area (Å²) in [5, 5.41) is 12.4. The van der Waals surface area contributed by atoms with E-state index in [2.05, 4.69) is 11.8 Å². The predicted octanol–water partition coefficient (Wildman–Crippen LogP) is 4.61. The Balaban J connectivity index is 1.65. The summed E-state index contributed by atoms with van der Waals surface area (Å²) in [5.74, 6) is 1.60. The summed E-state index contributed by atoms with van der Waals surface area (Å²) in [4.78, 5) is 16.1. The van der Waals surface area contributed by atoms with Crippen LogP contribution in [0.15, 0.2) is 29.3 Å². The molecule has 136 valence electrons. The Labute approximate surface area is 157 Å². The van der Waals surface area contributed by atoms with E-state index in [-0.39, 0.29) is 11.5 Å². The Bertz CT molecular complexity index is 883. The molecule has 0 amide bonds. The van der Waals surface area contributed by atoms with Gasteiger partial charge in [0.25, 0.3) is 0 Å². The van der Waals surface area contributed by atoms with E-state index < -0.39 is 0 Å². The highest BCUT2D eigenvalue weighted by Gasteiger charge is 2.32. The molecule has 1 aromatic carbocycles. The first-order valence-electron chi connectivity index (χ1n) is 9.08. The number of thiophene rings is 1. The lowest BCUT2D eigenvalue weighted by atomic mass is 9.99. The SMILES string of the molecule is Cc1ccsc1/C=C1\Oc2c(ccc(O)c2CN2CCC[C@H](C)C2)C1=O. The van der Waals surface area contributed by atoms with Crippen LogP contribution in [0.2, 0.25) is 0 Å². The Hall–Kier alpha value is -2.11. The van der Waals surface area contributed by atoms with E-state index in [1.165, 1.54) is 12.8 Å². The topological polar surface area (TPSA) is 49.8 Å². The molecule has 0 radical (unpaired) electrons. The lowest BCUT2D eigenvalue weighted by Gasteiger charge is -2.31. The average molecular weight is 369 g/mol. The molecule has 5 heteroatoms. The Morgan fingerprint density at radius 2 is 2.23 bits per heavy atom. The third kappa shape index (κ3) is 3.17. The van der Waals surface area contributed by atoms with Crippen LogP contribution in [0.1, 0.15) is 46.1 Å². The molecule has 26 heavy (non-hydrogen) atoms. The Morgan fingerprint density at radius 3 is 2.96 bits per heavy atom. The molecule has 4 rings (SSSR count). The molecule has 0 bridgehead atoms. The van der Waals surface area contributed by atoms with Gasteiger partial charge in [0.15, 0.2) is 5.76 Å². The maximum atomic E-state index is 12.8. The van der Waals surface area contributed by atoms with Gasteiger partial charge in [-0.1, -0.05) is 6.92 Å². The molecule has 1 atom stereocenters. The molecule has 0 saturated carbocycles. The van der Waals surface area contributed by atoms with Gasteiger partial charge in [-0.3, -0.25) is 9.69 Å². The van der Waals surface area contributed by atoms with Gasteiger partial charge >= 0.3 is 0 Å². The first kappa shape index (κ1) is 17.3. The molecule has 2 aliphatic heterocycles. The number of carbonyl (C=O) groups excluding carboxylic acids is 1. The van der Waals surface area contributed by atoms with Gasteiger partial charge in [0.1, 0.15) is 11.5 Å². The van der Waals surface area contributed by atoms with Crippen LogP contribution in [-0.2, 0) is 6.54 Å². The molecular formula is C21H23NO3S. The number of hydrogen-bond acceptors (Lipinski definition) is 5. The van der Waals surface area contributed by atoms with Crippen LogP contribution < -0.4 is 4.74 Å². The number of carbonyl (C=O) groups is 1. The smallest absolute Gasteiger partial charge is 0.232 e. The number of ether oxygens (including phenoxy) is 1. The minimum atomic E-state index is -0.110. The van der Waals surface area contributed by atoms with E-state index >= 15 is 0 Å². The van der Waals surface area contributed by atoms with Gasteiger partial charge in [-0.15, -0.1) is 11.3 Å². The quantitative estimate of drug-likeness (QED) is 0.803. The average Bonchev–Trinajstić information content (AvgIpc) is 3.15. The number of nitrogens with zero attached hydrogens (tertiary/aromatic N) is 1. The van der Waals surface area contributed by atoms with Gasteiger partial charge in [-0.2, -0.15) is 0 Å². The molecule has 1 N–H and O–H groups in total. The predicted molar refractivity (Wildman–Crippen MR) is 104 cm³/mol. The second-order valence-electron chi connectivity index (χ2n) is 7.33. The van der Waals surface area contributed by atoms with Crippen LogP contribution in [0.4, 0.5) is 0 Å². The molecule has 1 saturated heterocycles. The van der Waals surface area contributed by atoms with E-state index in [9.17, 15) is 9.90 Å². The van der Waals surface area contributed by atoms with Crippen LogP contribution in [-0.4, -0.2) is 28.9 Å². The summed E-state index contributed by atoms with van der Waals surface area (Å²) in [7, 11) is 0. The van der Waals surface area contributed by atoms with Crippen molar-refractivity contribution >= 4 is 23.2 Å². The number of ketones is 1. The van der Waals surface area contributed by atoms with E-state index in [0.29, 0.717) is 29.5 Å². The maximum Gasteiger partial charge on any atom is 0.232 e. The highest BCUT2D eigenvalue weighted by Crippen LogP contribution is 2.40. The van der Waals surface area contributed by atoms with E-state index in [4.69, 9.17) is 4.74 Å². The summed E-state index contributed by atoms with van der Waals surface area (Å²) in [6.07, 6.45) is 4.23. The van der Waals surface area contributed by atoms with Crippen molar-refractivity contribution in [2.45, 2.75) is 33.2 Å². The van der Waals surface area contributed by atoms with Crippen LogP contribution in [0.5, 0.6) is 11.5 Å². The number of Topliss-reactive ketones (excluding diaryl/α,β-unsaturated/α-hetero) is 1. The van der Waals surface area contributed by atoms with Crippen LogP contribution >= 0.6 is 11.3 Å². The number of rotatable bonds is 3. The molecule has 4 nitrogen and oxygen atoms in total. The van der Waals surface area contributed by atoms with Gasteiger partial charge < -0.3 is 9.84 Å².